The lowest BCUT2D eigenvalue weighted by Gasteiger charge is -2.47. The smallest absolute Gasteiger partial charge is 0.310 e. The molecule has 1 N–H and O–H groups in total. The standard InChI is InChI=1S/C19H24ClNO3.C17H24ClNO.C4H8O/c1-2-24-17(22)14-5-3-12-21(13-14)18(23)19(10-4-11-19)15-6-8-16(20)9-7-15;18-16-6-4-15(5-7-16)17(8-2-9-17)13-19-10-1-3-14(11-19)12-20;1-2-4-5-3-1/h6-9,14H,2-5,10-13H2,1H3;4-7,14,20H,1-3,8-13H2;1-4H2/t2*14-;/m11./s1. The number of aliphatic hydroxyl groups is 1. The molecular weight excluding hydrogens is 659 g/mol. The van der Waals surface area contributed by atoms with Gasteiger partial charge in [-0.3, -0.25) is 9.59 Å². The van der Waals surface area contributed by atoms with E-state index in [4.69, 9.17) is 32.7 Å². The van der Waals surface area contributed by atoms with E-state index in [9.17, 15) is 14.7 Å². The summed E-state index contributed by atoms with van der Waals surface area (Å²) in [4.78, 5) is 29.7. The van der Waals surface area contributed by atoms with Gasteiger partial charge in [0.15, 0.2) is 0 Å². The minimum atomic E-state index is -0.429. The van der Waals surface area contributed by atoms with Crippen LogP contribution in [0.15, 0.2) is 48.5 Å². The predicted molar refractivity (Wildman–Crippen MR) is 196 cm³/mol. The highest BCUT2D eigenvalue weighted by molar-refractivity contribution is 6.30. The summed E-state index contributed by atoms with van der Waals surface area (Å²) in [5, 5.41) is 10.9. The highest BCUT2D eigenvalue weighted by Gasteiger charge is 2.48. The van der Waals surface area contributed by atoms with Crippen molar-refractivity contribution in [1.29, 1.82) is 0 Å². The van der Waals surface area contributed by atoms with Crippen molar-refractivity contribution in [2.24, 2.45) is 11.8 Å². The average Bonchev–Trinajstić information content (AvgIpc) is 3.69. The first-order chi connectivity index (χ1) is 23.8. The van der Waals surface area contributed by atoms with Gasteiger partial charge in [0.25, 0.3) is 0 Å². The van der Waals surface area contributed by atoms with Crippen LogP contribution in [0.25, 0.3) is 0 Å². The lowest BCUT2D eigenvalue weighted by Crippen LogP contribution is -2.54. The number of amides is 1. The fourth-order valence-corrected chi connectivity index (χ4v) is 8.42. The predicted octanol–water partition coefficient (Wildman–Crippen LogP) is 7.83. The van der Waals surface area contributed by atoms with Crippen molar-refractivity contribution >= 4 is 35.1 Å². The molecule has 9 heteroatoms. The number of carbonyl (C=O) groups excluding carboxylic acids is 2. The van der Waals surface area contributed by atoms with Crippen molar-refractivity contribution in [3.05, 3.63) is 69.7 Å². The Bertz CT molecular complexity index is 1320. The second-order valence-corrected chi connectivity index (χ2v) is 15.5. The molecule has 0 aromatic heterocycles. The molecule has 5 aliphatic rings. The quantitative estimate of drug-likeness (QED) is 0.281. The normalized spacial score (nSPS) is 24.2. The third kappa shape index (κ3) is 9.79. The van der Waals surface area contributed by atoms with E-state index in [1.807, 2.05) is 48.2 Å². The summed E-state index contributed by atoms with van der Waals surface area (Å²) in [7, 11) is 0. The van der Waals surface area contributed by atoms with Gasteiger partial charge >= 0.3 is 5.97 Å². The van der Waals surface area contributed by atoms with Crippen molar-refractivity contribution in [2.45, 2.75) is 94.8 Å². The van der Waals surface area contributed by atoms with Crippen molar-refractivity contribution in [3.8, 4) is 0 Å². The summed E-state index contributed by atoms with van der Waals surface area (Å²) in [6.07, 6.45) is 13.3. The van der Waals surface area contributed by atoms with Gasteiger partial charge in [0.2, 0.25) is 5.91 Å². The molecule has 0 bridgehead atoms. The second kappa shape index (κ2) is 18.4. The van der Waals surface area contributed by atoms with Gasteiger partial charge in [0, 0.05) is 61.5 Å². The summed E-state index contributed by atoms with van der Waals surface area (Å²) < 4.78 is 10.1. The lowest BCUT2D eigenvalue weighted by atomic mass is 9.63. The Labute approximate surface area is 303 Å². The molecule has 2 aromatic rings. The van der Waals surface area contributed by atoms with E-state index in [0.29, 0.717) is 36.1 Å². The molecule has 7 nitrogen and oxygen atoms in total. The third-order valence-electron chi connectivity index (χ3n) is 11.3. The molecule has 2 aliphatic carbocycles. The molecule has 0 spiro atoms. The first-order valence-electron chi connectivity index (χ1n) is 18.7. The van der Waals surface area contributed by atoms with Crippen LogP contribution in [0.1, 0.15) is 95.1 Å². The summed E-state index contributed by atoms with van der Waals surface area (Å²) in [6, 6.07) is 16.1. The van der Waals surface area contributed by atoms with Gasteiger partial charge in [0.1, 0.15) is 0 Å². The molecule has 3 saturated heterocycles. The molecule has 1 amide bonds. The molecule has 3 aliphatic heterocycles. The monoisotopic (exact) mass is 714 g/mol. The highest BCUT2D eigenvalue weighted by atomic mass is 35.5. The number of piperidine rings is 2. The fourth-order valence-electron chi connectivity index (χ4n) is 8.17. The second-order valence-electron chi connectivity index (χ2n) is 14.7. The molecule has 2 aromatic carbocycles. The van der Waals surface area contributed by atoms with Gasteiger partial charge in [0.05, 0.1) is 17.9 Å². The SMILES string of the molecule is C1CCOC1.CCOC(=O)[C@@H]1CCCN(C(=O)C2(c3ccc(Cl)cc3)CCC2)C1.OC[C@@H]1CCCN(CC2(c3ccc(Cl)cc3)CCC2)C1. The lowest BCUT2D eigenvalue weighted by molar-refractivity contribution is -0.153. The summed E-state index contributed by atoms with van der Waals surface area (Å²) >= 11 is 12.0. The Morgan fingerprint density at radius 3 is 1.94 bits per heavy atom. The van der Waals surface area contributed by atoms with Gasteiger partial charge < -0.3 is 24.4 Å². The van der Waals surface area contributed by atoms with Crippen LogP contribution in [-0.4, -0.2) is 85.9 Å². The van der Waals surface area contributed by atoms with E-state index in [-0.39, 0.29) is 17.8 Å². The molecular formula is C40H56Cl2N2O5. The fraction of sp³-hybridized carbons (Fsp3) is 0.650. The third-order valence-corrected chi connectivity index (χ3v) is 11.8. The molecule has 49 heavy (non-hydrogen) atoms. The largest absolute Gasteiger partial charge is 0.466 e. The number of benzene rings is 2. The van der Waals surface area contributed by atoms with Crippen molar-refractivity contribution in [1.82, 2.24) is 9.80 Å². The van der Waals surface area contributed by atoms with Crippen LogP contribution in [0.4, 0.5) is 0 Å². The minimum absolute atomic E-state index is 0.157. The first-order valence-corrected chi connectivity index (χ1v) is 19.4. The molecule has 2 saturated carbocycles. The van der Waals surface area contributed by atoms with Crippen LogP contribution in [0.3, 0.4) is 0 Å². The van der Waals surface area contributed by atoms with E-state index in [2.05, 4.69) is 17.0 Å². The van der Waals surface area contributed by atoms with Crippen LogP contribution >= 0.6 is 23.2 Å². The summed E-state index contributed by atoms with van der Waals surface area (Å²) in [5.41, 5.74) is 2.39. The Morgan fingerprint density at radius 2 is 1.43 bits per heavy atom. The Morgan fingerprint density at radius 1 is 0.816 bits per heavy atom. The van der Waals surface area contributed by atoms with Crippen molar-refractivity contribution in [2.75, 3.05) is 59.2 Å². The number of carbonyl (C=O) groups is 2. The number of halogens is 2. The average molecular weight is 716 g/mol. The Balaban J connectivity index is 0.000000169. The molecule has 0 radical (unpaired) electrons. The maximum atomic E-state index is 13.3. The minimum Gasteiger partial charge on any atom is -0.466 e. The number of hydrogen-bond donors (Lipinski definition) is 1. The van der Waals surface area contributed by atoms with Crippen LogP contribution < -0.4 is 0 Å². The highest BCUT2D eigenvalue weighted by Crippen LogP contribution is 2.46. The van der Waals surface area contributed by atoms with Gasteiger partial charge in [-0.15, -0.1) is 0 Å². The number of aliphatic hydroxyl groups excluding tert-OH is 1. The molecule has 2 atom stereocenters. The van der Waals surface area contributed by atoms with Crippen LogP contribution in [0.2, 0.25) is 10.0 Å². The van der Waals surface area contributed by atoms with E-state index in [1.165, 1.54) is 57.1 Å². The number of likely N-dealkylation sites (tertiary alicyclic amines) is 2. The number of hydrogen-bond acceptors (Lipinski definition) is 6. The van der Waals surface area contributed by atoms with Crippen molar-refractivity contribution in [3.63, 3.8) is 0 Å². The maximum absolute atomic E-state index is 13.3. The van der Waals surface area contributed by atoms with Crippen LogP contribution in [0, 0.1) is 11.8 Å². The maximum Gasteiger partial charge on any atom is 0.310 e. The topological polar surface area (TPSA) is 79.3 Å². The molecule has 0 unspecified atom stereocenters. The van der Waals surface area contributed by atoms with Crippen molar-refractivity contribution < 1.29 is 24.2 Å². The number of nitrogens with zero attached hydrogens (tertiary/aromatic N) is 2. The first kappa shape index (κ1) is 38.1. The zero-order chi connectivity index (χ0) is 34.7. The van der Waals surface area contributed by atoms with Gasteiger partial charge in [-0.2, -0.15) is 0 Å². The molecule has 270 valence electrons. The summed E-state index contributed by atoms with van der Waals surface area (Å²) in [6.45, 7) is 9.13. The Hall–Kier alpha value is -2.16. The zero-order valence-electron chi connectivity index (χ0n) is 29.4. The van der Waals surface area contributed by atoms with E-state index in [1.54, 1.807) is 0 Å². The number of ether oxygens (including phenoxy) is 2. The van der Waals surface area contributed by atoms with Gasteiger partial charge in [-0.1, -0.05) is 60.3 Å². The van der Waals surface area contributed by atoms with E-state index < -0.39 is 5.41 Å². The summed E-state index contributed by atoms with van der Waals surface area (Å²) in [5.74, 6) is 0.269. The van der Waals surface area contributed by atoms with E-state index >= 15 is 0 Å². The molecule has 7 rings (SSSR count). The molecule has 3 heterocycles. The van der Waals surface area contributed by atoms with Crippen LogP contribution in [0.5, 0.6) is 0 Å². The van der Waals surface area contributed by atoms with Crippen LogP contribution in [-0.2, 0) is 29.9 Å². The van der Waals surface area contributed by atoms with E-state index in [0.717, 1.165) is 75.5 Å². The Kier molecular flexibility index (Phi) is 14.3. The van der Waals surface area contributed by atoms with Gasteiger partial charge in [-0.05, 0) is 119 Å². The van der Waals surface area contributed by atoms with Gasteiger partial charge in [-0.25, -0.2) is 0 Å². The number of esters is 1. The number of rotatable bonds is 8. The zero-order valence-corrected chi connectivity index (χ0v) is 30.9. The molecule has 5 fully saturated rings.